The fourth-order valence-corrected chi connectivity index (χ4v) is 2.75. The minimum atomic E-state index is 1.04. The Balaban J connectivity index is 1.94. The number of fused-ring (bicyclic) bond motifs is 1. The van der Waals surface area contributed by atoms with Crippen molar-refractivity contribution in [2.75, 3.05) is 0 Å². The lowest BCUT2D eigenvalue weighted by atomic mass is 9.79. The minimum absolute atomic E-state index is 1.04. The number of hydrogen-bond acceptors (Lipinski definition) is 0. The van der Waals surface area contributed by atoms with Crippen molar-refractivity contribution in [3.63, 3.8) is 0 Å². The third-order valence-corrected chi connectivity index (χ3v) is 3.68. The van der Waals surface area contributed by atoms with Crippen LogP contribution in [0.2, 0.25) is 0 Å². The van der Waals surface area contributed by atoms with Gasteiger partial charge in [-0.2, -0.15) is 0 Å². The lowest BCUT2D eigenvalue weighted by Gasteiger charge is -2.26. The maximum atomic E-state index is 2.45. The van der Waals surface area contributed by atoms with E-state index >= 15 is 0 Å². The van der Waals surface area contributed by atoms with Crippen molar-refractivity contribution < 1.29 is 0 Å². The molecule has 0 aromatic carbocycles. The summed E-state index contributed by atoms with van der Waals surface area (Å²) in [6, 6.07) is 0. The predicted octanol–water partition coefficient (Wildman–Crippen LogP) is 3.08. The quantitative estimate of drug-likeness (QED) is 0.522. The van der Waals surface area contributed by atoms with Crippen LogP contribution in [0.1, 0.15) is 39.5 Å². The van der Waals surface area contributed by atoms with E-state index in [9.17, 15) is 0 Å². The molecule has 0 saturated heterocycles. The molecule has 0 aromatic heterocycles. The van der Waals surface area contributed by atoms with Crippen molar-refractivity contribution in [2.45, 2.75) is 39.5 Å². The highest BCUT2D eigenvalue weighted by Crippen LogP contribution is 2.53. The number of hydrogen-bond donors (Lipinski definition) is 0. The second-order valence-corrected chi connectivity index (χ2v) is 4.37. The Morgan fingerprint density at radius 3 is 2.50 bits per heavy atom. The van der Waals surface area contributed by atoms with Gasteiger partial charge in [0.15, 0.2) is 0 Å². The first-order valence-corrected chi connectivity index (χ1v) is 4.81. The normalized spacial score (nSPS) is 52.2. The van der Waals surface area contributed by atoms with Gasteiger partial charge in [-0.1, -0.05) is 20.3 Å². The van der Waals surface area contributed by atoms with Gasteiger partial charge < -0.3 is 0 Å². The van der Waals surface area contributed by atoms with Crippen LogP contribution >= 0.6 is 0 Å². The molecule has 2 saturated carbocycles. The van der Waals surface area contributed by atoms with Crippen LogP contribution in [0, 0.1) is 23.7 Å². The lowest BCUT2D eigenvalue weighted by Crippen LogP contribution is -2.17. The summed E-state index contributed by atoms with van der Waals surface area (Å²) in [5.74, 6) is 4.44. The highest BCUT2D eigenvalue weighted by molar-refractivity contribution is 4.94. The zero-order valence-electron chi connectivity index (χ0n) is 7.14. The van der Waals surface area contributed by atoms with E-state index in [2.05, 4.69) is 13.8 Å². The molecule has 4 atom stereocenters. The van der Waals surface area contributed by atoms with Gasteiger partial charge >= 0.3 is 0 Å². The summed E-state index contributed by atoms with van der Waals surface area (Å²) in [5.41, 5.74) is 0. The van der Waals surface area contributed by atoms with E-state index in [0.29, 0.717) is 0 Å². The summed E-state index contributed by atoms with van der Waals surface area (Å²) in [6.07, 6.45) is 6.09. The van der Waals surface area contributed by atoms with E-state index in [4.69, 9.17) is 0 Å². The van der Waals surface area contributed by atoms with Gasteiger partial charge in [-0.05, 0) is 42.9 Å². The zero-order valence-corrected chi connectivity index (χ0v) is 7.14. The van der Waals surface area contributed by atoms with Crippen LogP contribution in [0.3, 0.4) is 0 Å². The Kier molecular flexibility index (Phi) is 1.51. The van der Waals surface area contributed by atoms with Gasteiger partial charge in [-0.25, -0.2) is 0 Å². The highest BCUT2D eigenvalue weighted by Gasteiger charge is 2.44. The van der Waals surface area contributed by atoms with Crippen LogP contribution in [0.4, 0.5) is 0 Å². The minimum Gasteiger partial charge on any atom is -0.0651 e. The topological polar surface area (TPSA) is 0 Å². The van der Waals surface area contributed by atoms with E-state index in [1.807, 2.05) is 0 Å². The summed E-state index contributed by atoms with van der Waals surface area (Å²) in [5, 5.41) is 0. The molecule has 0 nitrogen and oxygen atoms in total. The van der Waals surface area contributed by atoms with Gasteiger partial charge in [-0.15, -0.1) is 0 Å². The molecule has 0 spiro atoms. The van der Waals surface area contributed by atoms with Crippen molar-refractivity contribution >= 4 is 0 Å². The van der Waals surface area contributed by atoms with Gasteiger partial charge in [0.05, 0.1) is 0 Å². The molecule has 0 aromatic rings. The van der Waals surface area contributed by atoms with E-state index in [0.717, 1.165) is 17.8 Å². The van der Waals surface area contributed by atoms with Crippen LogP contribution in [-0.2, 0) is 0 Å². The Hall–Kier alpha value is 0. The van der Waals surface area contributed by atoms with Crippen LogP contribution in [0.25, 0.3) is 0 Å². The predicted molar refractivity (Wildman–Crippen MR) is 43.8 cm³/mol. The lowest BCUT2D eigenvalue weighted by molar-refractivity contribution is 0.239. The van der Waals surface area contributed by atoms with E-state index in [1.54, 1.807) is 19.3 Å². The molecule has 2 fully saturated rings. The Morgan fingerprint density at radius 2 is 1.80 bits per heavy atom. The molecule has 0 aliphatic heterocycles. The Bertz CT molecular complexity index is 128. The molecule has 0 bridgehead atoms. The third kappa shape index (κ3) is 0.980. The van der Waals surface area contributed by atoms with Crippen LogP contribution in [0.5, 0.6) is 0 Å². The van der Waals surface area contributed by atoms with E-state index in [-0.39, 0.29) is 0 Å². The molecule has 10 heavy (non-hydrogen) atoms. The molecule has 0 heteroatoms. The van der Waals surface area contributed by atoms with E-state index in [1.165, 1.54) is 12.3 Å². The first-order chi connectivity index (χ1) is 4.81. The summed E-state index contributed by atoms with van der Waals surface area (Å²) in [7, 11) is 0. The summed E-state index contributed by atoms with van der Waals surface area (Å²) in [6.45, 7) is 4.80. The molecule has 2 rings (SSSR count). The van der Waals surface area contributed by atoms with Crippen LogP contribution in [-0.4, -0.2) is 0 Å². The maximum absolute atomic E-state index is 2.45. The Labute approximate surface area is 64.0 Å². The van der Waals surface area contributed by atoms with Crippen molar-refractivity contribution in [1.82, 2.24) is 0 Å². The standard InChI is InChI=1S/C10H18/c1-3-8-5-10-6-9(10)4-7(8)2/h7-10H,3-6H2,1-2H3. The van der Waals surface area contributed by atoms with Crippen molar-refractivity contribution in [2.24, 2.45) is 23.7 Å². The molecular weight excluding hydrogens is 120 g/mol. The first-order valence-electron chi connectivity index (χ1n) is 4.81. The van der Waals surface area contributed by atoms with Gasteiger partial charge in [0, 0.05) is 0 Å². The molecule has 2 aliphatic rings. The molecule has 0 heterocycles. The first kappa shape index (κ1) is 6.69. The summed E-state index contributed by atoms with van der Waals surface area (Å²) < 4.78 is 0. The number of rotatable bonds is 1. The third-order valence-electron chi connectivity index (χ3n) is 3.68. The second kappa shape index (κ2) is 2.25. The maximum Gasteiger partial charge on any atom is -0.0380 e. The largest absolute Gasteiger partial charge is 0.0651 e. The monoisotopic (exact) mass is 138 g/mol. The Morgan fingerprint density at radius 1 is 1.10 bits per heavy atom. The zero-order chi connectivity index (χ0) is 7.14. The molecule has 0 radical (unpaired) electrons. The second-order valence-electron chi connectivity index (χ2n) is 4.37. The van der Waals surface area contributed by atoms with Gasteiger partial charge in [-0.3, -0.25) is 0 Å². The molecule has 4 unspecified atom stereocenters. The van der Waals surface area contributed by atoms with Gasteiger partial charge in [0.2, 0.25) is 0 Å². The average Bonchev–Trinajstić information content (AvgIpc) is 2.64. The van der Waals surface area contributed by atoms with Crippen molar-refractivity contribution in [3.8, 4) is 0 Å². The van der Waals surface area contributed by atoms with Gasteiger partial charge in [0.25, 0.3) is 0 Å². The molecule has 0 N–H and O–H groups in total. The molecular formula is C10H18. The van der Waals surface area contributed by atoms with Crippen molar-refractivity contribution in [1.29, 1.82) is 0 Å². The smallest absolute Gasteiger partial charge is 0.0380 e. The average molecular weight is 138 g/mol. The molecule has 58 valence electrons. The molecule has 2 aliphatic carbocycles. The van der Waals surface area contributed by atoms with Crippen LogP contribution in [0.15, 0.2) is 0 Å². The van der Waals surface area contributed by atoms with Crippen LogP contribution < -0.4 is 0 Å². The fraction of sp³-hybridized carbons (Fsp3) is 1.00. The fourth-order valence-electron chi connectivity index (χ4n) is 2.75. The van der Waals surface area contributed by atoms with Gasteiger partial charge in [0.1, 0.15) is 0 Å². The van der Waals surface area contributed by atoms with Crippen molar-refractivity contribution in [3.05, 3.63) is 0 Å². The summed E-state index contributed by atoms with van der Waals surface area (Å²) in [4.78, 5) is 0. The highest BCUT2D eigenvalue weighted by atomic mass is 14.5. The SMILES string of the molecule is CCC1CC2CC2CC1C. The van der Waals surface area contributed by atoms with E-state index < -0.39 is 0 Å². The summed E-state index contributed by atoms with van der Waals surface area (Å²) >= 11 is 0. The molecule has 0 amide bonds.